The lowest BCUT2D eigenvalue weighted by molar-refractivity contribution is 0.628. The van der Waals surface area contributed by atoms with Crippen LogP contribution in [0.2, 0.25) is 5.02 Å². The molecule has 19 heavy (non-hydrogen) atoms. The molecular weight excluding hydrogens is 271 g/mol. The molecule has 0 bridgehead atoms. The molecule has 1 aromatic heterocycles. The number of benzene rings is 1. The summed E-state index contributed by atoms with van der Waals surface area (Å²) in [6.07, 6.45) is 0. The van der Waals surface area contributed by atoms with Crippen molar-refractivity contribution in [1.82, 2.24) is 15.0 Å². The molecule has 8 heteroatoms. The molecule has 0 saturated carbocycles. The van der Waals surface area contributed by atoms with Crippen LogP contribution in [-0.4, -0.2) is 29.0 Å². The molecule has 0 saturated heterocycles. The molecule has 0 aliphatic rings. The minimum absolute atomic E-state index is 0.0138. The first-order valence-corrected chi connectivity index (χ1v) is 5.74. The van der Waals surface area contributed by atoms with E-state index in [1.165, 1.54) is 18.2 Å². The highest BCUT2D eigenvalue weighted by Crippen LogP contribution is 2.22. The van der Waals surface area contributed by atoms with Crippen molar-refractivity contribution in [3.05, 3.63) is 29.0 Å². The van der Waals surface area contributed by atoms with Crippen molar-refractivity contribution in [2.75, 3.05) is 30.0 Å². The first-order chi connectivity index (χ1) is 8.95. The number of nitrogens with two attached hydrogens (primary N) is 1. The number of aromatic nitrogens is 3. The maximum absolute atomic E-state index is 13.0. The first kappa shape index (κ1) is 13.3. The molecule has 0 spiro atoms. The van der Waals surface area contributed by atoms with Gasteiger partial charge in [0.05, 0.1) is 5.02 Å². The number of hydrogen-bond acceptors (Lipinski definition) is 6. The molecule has 2 rings (SSSR count). The van der Waals surface area contributed by atoms with E-state index in [2.05, 4.69) is 20.3 Å². The van der Waals surface area contributed by atoms with Crippen molar-refractivity contribution in [2.45, 2.75) is 0 Å². The maximum atomic E-state index is 13.0. The molecule has 1 heterocycles. The lowest BCUT2D eigenvalue weighted by Crippen LogP contribution is -2.15. The van der Waals surface area contributed by atoms with Crippen LogP contribution in [0.5, 0.6) is 0 Å². The van der Waals surface area contributed by atoms with Crippen LogP contribution < -0.4 is 16.0 Å². The van der Waals surface area contributed by atoms with Crippen LogP contribution in [0.25, 0.3) is 0 Å². The summed E-state index contributed by atoms with van der Waals surface area (Å²) in [5.74, 6) is 0.285. The van der Waals surface area contributed by atoms with E-state index >= 15 is 0 Å². The Morgan fingerprint density at radius 2 is 2.00 bits per heavy atom. The summed E-state index contributed by atoms with van der Waals surface area (Å²) in [4.78, 5) is 13.8. The zero-order valence-corrected chi connectivity index (χ0v) is 11.1. The molecule has 0 unspecified atom stereocenters. The van der Waals surface area contributed by atoms with Gasteiger partial charge in [-0.25, -0.2) is 4.39 Å². The zero-order valence-electron chi connectivity index (χ0n) is 10.4. The van der Waals surface area contributed by atoms with Crippen molar-refractivity contribution in [2.24, 2.45) is 0 Å². The maximum Gasteiger partial charge on any atom is 0.233 e. The second kappa shape index (κ2) is 5.23. The van der Waals surface area contributed by atoms with Crippen molar-refractivity contribution in [3.63, 3.8) is 0 Å². The molecule has 0 aliphatic heterocycles. The molecule has 3 N–H and O–H groups in total. The quantitative estimate of drug-likeness (QED) is 0.897. The third kappa shape index (κ3) is 3.19. The highest BCUT2D eigenvalue weighted by atomic mass is 35.5. The van der Waals surface area contributed by atoms with E-state index in [1.54, 1.807) is 19.0 Å². The Bertz CT molecular complexity index is 604. The predicted octanol–water partition coefficient (Wildman–Crippen LogP) is 2.06. The summed E-state index contributed by atoms with van der Waals surface area (Å²) in [6, 6.07) is 4.21. The Hall–Kier alpha value is -2.15. The van der Waals surface area contributed by atoms with Gasteiger partial charge in [-0.05, 0) is 18.2 Å². The standard InChI is InChI=1S/C11H12ClFN6/c1-19(2)11-17-9(14)16-10(18-11)15-6-3-4-8(13)7(12)5-6/h3-5H,1-2H3,(H3,14,15,16,17,18). The second-order valence-corrected chi connectivity index (χ2v) is 4.37. The molecule has 0 fully saturated rings. The smallest absolute Gasteiger partial charge is 0.233 e. The topological polar surface area (TPSA) is 80.0 Å². The average molecular weight is 283 g/mol. The van der Waals surface area contributed by atoms with Gasteiger partial charge < -0.3 is 16.0 Å². The van der Waals surface area contributed by atoms with Gasteiger partial charge in [0, 0.05) is 19.8 Å². The normalized spacial score (nSPS) is 10.3. The molecular formula is C11H12ClFN6. The van der Waals surface area contributed by atoms with E-state index < -0.39 is 5.82 Å². The number of hydrogen-bond donors (Lipinski definition) is 2. The van der Waals surface area contributed by atoms with Crippen LogP contribution in [0, 0.1) is 5.82 Å². The summed E-state index contributed by atoms with van der Waals surface area (Å²) < 4.78 is 13.0. The largest absolute Gasteiger partial charge is 0.368 e. The van der Waals surface area contributed by atoms with Crippen LogP contribution in [0.15, 0.2) is 18.2 Å². The monoisotopic (exact) mass is 282 g/mol. The molecule has 100 valence electrons. The molecule has 0 radical (unpaired) electrons. The van der Waals surface area contributed by atoms with E-state index in [0.717, 1.165) is 0 Å². The molecule has 0 amide bonds. The first-order valence-electron chi connectivity index (χ1n) is 5.36. The fourth-order valence-electron chi connectivity index (χ4n) is 1.34. The summed E-state index contributed by atoms with van der Waals surface area (Å²) in [6.45, 7) is 0. The fourth-order valence-corrected chi connectivity index (χ4v) is 1.52. The number of halogens is 2. The van der Waals surface area contributed by atoms with Gasteiger partial charge in [0.1, 0.15) is 5.82 Å². The van der Waals surface area contributed by atoms with E-state index in [1.807, 2.05) is 0 Å². The van der Waals surface area contributed by atoms with Gasteiger partial charge in [0.2, 0.25) is 17.8 Å². The second-order valence-electron chi connectivity index (χ2n) is 3.97. The molecule has 0 aliphatic carbocycles. The van der Waals surface area contributed by atoms with Crippen molar-refractivity contribution in [3.8, 4) is 0 Å². The van der Waals surface area contributed by atoms with Gasteiger partial charge in [-0.2, -0.15) is 15.0 Å². The minimum Gasteiger partial charge on any atom is -0.368 e. The highest BCUT2D eigenvalue weighted by Gasteiger charge is 2.07. The number of nitrogens with zero attached hydrogens (tertiary/aromatic N) is 4. The Balaban J connectivity index is 2.29. The van der Waals surface area contributed by atoms with Crippen LogP contribution in [-0.2, 0) is 0 Å². The molecule has 6 nitrogen and oxygen atoms in total. The minimum atomic E-state index is -0.489. The van der Waals surface area contributed by atoms with E-state index in [-0.39, 0.29) is 16.9 Å². The lowest BCUT2D eigenvalue weighted by atomic mass is 10.3. The SMILES string of the molecule is CN(C)c1nc(N)nc(Nc2ccc(F)c(Cl)c2)n1. The Kier molecular flexibility index (Phi) is 3.66. The Morgan fingerprint density at radius 3 is 2.63 bits per heavy atom. The summed E-state index contributed by atoms with van der Waals surface area (Å²) in [7, 11) is 3.57. The van der Waals surface area contributed by atoms with Gasteiger partial charge in [-0.3, -0.25) is 0 Å². The zero-order chi connectivity index (χ0) is 14.0. The van der Waals surface area contributed by atoms with Crippen LogP contribution in [0.4, 0.5) is 27.9 Å². The van der Waals surface area contributed by atoms with Gasteiger partial charge >= 0.3 is 0 Å². The van der Waals surface area contributed by atoms with Crippen molar-refractivity contribution >= 4 is 35.1 Å². The van der Waals surface area contributed by atoms with Gasteiger partial charge in [0.15, 0.2) is 0 Å². The Labute approximate surface area is 114 Å². The van der Waals surface area contributed by atoms with Crippen LogP contribution in [0.1, 0.15) is 0 Å². The number of anilines is 4. The number of rotatable bonds is 3. The molecule has 0 atom stereocenters. The van der Waals surface area contributed by atoms with Crippen LogP contribution >= 0.6 is 11.6 Å². The molecule has 2 aromatic rings. The summed E-state index contributed by atoms with van der Waals surface area (Å²) >= 11 is 5.69. The van der Waals surface area contributed by atoms with E-state index in [0.29, 0.717) is 11.6 Å². The third-order valence-corrected chi connectivity index (χ3v) is 2.51. The van der Waals surface area contributed by atoms with E-state index in [9.17, 15) is 4.39 Å². The van der Waals surface area contributed by atoms with Gasteiger partial charge in [-0.15, -0.1) is 0 Å². The Morgan fingerprint density at radius 1 is 1.26 bits per heavy atom. The van der Waals surface area contributed by atoms with Crippen LogP contribution in [0.3, 0.4) is 0 Å². The number of nitrogens with one attached hydrogen (secondary N) is 1. The number of nitrogen functional groups attached to an aromatic ring is 1. The van der Waals surface area contributed by atoms with Crippen molar-refractivity contribution < 1.29 is 4.39 Å². The molecule has 1 aromatic carbocycles. The fraction of sp³-hybridized carbons (Fsp3) is 0.182. The van der Waals surface area contributed by atoms with Gasteiger partial charge in [-0.1, -0.05) is 11.6 Å². The third-order valence-electron chi connectivity index (χ3n) is 2.22. The summed E-state index contributed by atoms with van der Waals surface area (Å²) in [5, 5.41) is 2.90. The summed E-state index contributed by atoms with van der Waals surface area (Å²) in [5.41, 5.74) is 6.15. The van der Waals surface area contributed by atoms with Gasteiger partial charge in [0.25, 0.3) is 0 Å². The van der Waals surface area contributed by atoms with E-state index in [4.69, 9.17) is 17.3 Å². The lowest BCUT2D eigenvalue weighted by Gasteiger charge is -2.12. The predicted molar refractivity (Wildman–Crippen MR) is 73.3 cm³/mol. The highest BCUT2D eigenvalue weighted by molar-refractivity contribution is 6.31. The average Bonchev–Trinajstić information content (AvgIpc) is 2.33. The van der Waals surface area contributed by atoms with Crippen molar-refractivity contribution in [1.29, 1.82) is 0 Å².